The fraction of sp³-hybridized carbons (Fsp3) is 0.583. The van der Waals surface area contributed by atoms with Crippen molar-refractivity contribution in [1.82, 2.24) is 4.98 Å². The standard InChI is InChI=1S/C12H18F3N3/c1-2-8-18(9-12(13,14)15)11-10(5-6-16)4-3-7-17-11/h3-4,7H,2,5-6,8-9,16H2,1H3. The Kier molecular flexibility index (Phi) is 5.40. The van der Waals surface area contributed by atoms with E-state index in [1.165, 1.54) is 11.1 Å². The van der Waals surface area contributed by atoms with Gasteiger partial charge in [0.05, 0.1) is 0 Å². The lowest BCUT2D eigenvalue weighted by atomic mass is 10.1. The number of hydrogen-bond acceptors (Lipinski definition) is 3. The van der Waals surface area contributed by atoms with Gasteiger partial charge in [0.15, 0.2) is 0 Å². The maximum atomic E-state index is 12.5. The minimum absolute atomic E-state index is 0.327. The summed E-state index contributed by atoms with van der Waals surface area (Å²) in [5.41, 5.74) is 6.22. The van der Waals surface area contributed by atoms with E-state index in [9.17, 15) is 13.2 Å². The molecule has 0 saturated heterocycles. The van der Waals surface area contributed by atoms with Crippen LogP contribution in [-0.4, -0.2) is 30.8 Å². The highest BCUT2D eigenvalue weighted by molar-refractivity contribution is 5.47. The third-order valence-corrected chi connectivity index (χ3v) is 2.44. The van der Waals surface area contributed by atoms with Crippen molar-refractivity contribution in [3.8, 4) is 0 Å². The monoisotopic (exact) mass is 261 g/mol. The average molecular weight is 261 g/mol. The van der Waals surface area contributed by atoms with Crippen molar-refractivity contribution in [1.29, 1.82) is 0 Å². The van der Waals surface area contributed by atoms with Gasteiger partial charge in [0.2, 0.25) is 0 Å². The molecule has 2 N–H and O–H groups in total. The first kappa shape index (κ1) is 14.8. The Morgan fingerprint density at radius 1 is 1.39 bits per heavy atom. The van der Waals surface area contributed by atoms with E-state index in [2.05, 4.69) is 4.98 Å². The smallest absolute Gasteiger partial charge is 0.347 e. The van der Waals surface area contributed by atoms with Crippen molar-refractivity contribution in [2.24, 2.45) is 5.73 Å². The first-order chi connectivity index (χ1) is 8.48. The van der Waals surface area contributed by atoms with Crippen LogP contribution in [0.25, 0.3) is 0 Å². The Bertz CT molecular complexity index is 366. The zero-order chi connectivity index (χ0) is 13.6. The van der Waals surface area contributed by atoms with Crippen molar-refractivity contribution in [3.63, 3.8) is 0 Å². The summed E-state index contributed by atoms with van der Waals surface area (Å²) in [6, 6.07) is 3.49. The lowest BCUT2D eigenvalue weighted by molar-refractivity contribution is -0.119. The number of nitrogens with two attached hydrogens (primary N) is 1. The number of halogens is 3. The molecule has 1 rings (SSSR count). The van der Waals surface area contributed by atoms with E-state index in [0.717, 1.165) is 5.56 Å². The van der Waals surface area contributed by atoms with Crippen molar-refractivity contribution >= 4 is 5.82 Å². The topological polar surface area (TPSA) is 42.2 Å². The number of anilines is 1. The first-order valence-electron chi connectivity index (χ1n) is 5.93. The van der Waals surface area contributed by atoms with Gasteiger partial charge in [-0.2, -0.15) is 13.2 Å². The molecule has 0 unspecified atom stereocenters. The van der Waals surface area contributed by atoms with Crippen LogP contribution in [0.2, 0.25) is 0 Å². The van der Waals surface area contributed by atoms with E-state index < -0.39 is 12.7 Å². The zero-order valence-electron chi connectivity index (χ0n) is 10.4. The molecular formula is C12H18F3N3. The SMILES string of the molecule is CCCN(CC(F)(F)F)c1ncccc1CCN. The molecule has 0 aliphatic carbocycles. The summed E-state index contributed by atoms with van der Waals surface area (Å²) >= 11 is 0. The Labute approximate surface area is 105 Å². The number of alkyl halides is 3. The molecule has 6 heteroatoms. The molecule has 1 aromatic heterocycles. The van der Waals surface area contributed by atoms with E-state index in [1.54, 1.807) is 12.1 Å². The highest BCUT2D eigenvalue weighted by Crippen LogP contribution is 2.23. The lowest BCUT2D eigenvalue weighted by Gasteiger charge is -2.26. The summed E-state index contributed by atoms with van der Waals surface area (Å²) in [4.78, 5) is 5.34. The van der Waals surface area contributed by atoms with Gasteiger partial charge in [0.1, 0.15) is 12.4 Å². The predicted molar refractivity (Wildman–Crippen MR) is 65.6 cm³/mol. The van der Waals surface area contributed by atoms with Crippen molar-refractivity contribution in [2.75, 3.05) is 24.5 Å². The maximum Gasteiger partial charge on any atom is 0.405 e. The first-order valence-corrected chi connectivity index (χ1v) is 5.93. The number of nitrogens with zero attached hydrogens (tertiary/aromatic N) is 2. The summed E-state index contributed by atoms with van der Waals surface area (Å²) in [5, 5.41) is 0. The van der Waals surface area contributed by atoms with Gasteiger partial charge in [-0.15, -0.1) is 0 Å². The molecular weight excluding hydrogens is 243 g/mol. The van der Waals surface area contributed by atoms with Crippen LogP contribution < -0.4 is 10.6 Å². The number of pyridine rings is 1. The van der Waals surface area contributed by atoms with Gasteiger partial charge < -0.3 is 10.6 Å². The van der Waals surface area contributed by atoms with Gasteiger partial charge in [-0.25, -0.2) is 4.98 Å². The van der Waals surface area contributed by atoms with Crippen LogP contribution in [0.5, 0.6) is 0 Å². The summed E-state index contributed by atoms with van der Waals surface area (Å²) in [6.45, 7) is 1.59. The fourth-order valence-corrected chi connectivity index (χ4v) is 1.81. The number of rotatable bonds is 6. The fourth-order valence-electron chi connectivity index (χ4n) is 1.81. The molecule has 0 atom stereocenters. The van der Waals surface area contributed by atoms with Gasteiger partial charge in [-0.1, -0.05) is 13.0 Å². The van der Waals surface area contributed by atoms with E-state index in [-0.39, 0.29) is 0 Å². The van der Waals surface area contributed by atoms with Crippen molar-refractivity contribution in [3.05, 3.63) is 23.9 Å². The second-order valence-electron chi connectivity index (χ2n) is 4.06. The molecule has 0 radical (unpaired) electrons. The number of hydrogen-bond donors (Lipinski definition) is 1. The molecule has 1 aromatic rings. The van der Waals surface area contributed by atoms with Crippen LogP contribution in [0.15, 0.2) is 18.3 Å². The van der Waals surface area contributed by atoms with Crippen LogP contribution in [-0.2, 0) is 6.42 Å². The van der Waals surface area contributed by atoms with E-state index in [4.69, 9.17) is 5.73 Å². The second-order valence-corrected chi connectivity index (χ2v) is 4.06. The van der Waals surface area contributed by atoms with Crippen LogP contribution in [0.4, 0.5) is 19.0 Å². The molecule has 0 spiro atoms. The van der Waals surface area contributed by atoms with Crippen LogP contribution in [0.3, 0.4) is 0 Å². The van der Waals surface area contributed by atoms with Gasteiger partial charge in [-0.05, 0) is 31.0 Å². The highest BCUT2D eigenvalue weighted by atomic mass is 19.4. The van der Waals surface area contributed by atoms with Crippen LogP contribution >= 0.6 is 0 Å². The largest absolute Gasteiger partial charge is 0.405 e. The predicted octanol–water partition coefficient (Wildman–Crippen LogP) is 2.36. The maximum absolute atomic E-state index is 12.5. The summed E-state index contributed by atoms with van der Waals surface area (Å²) in [6.07, 6.45) is -1.56. The molecule has 1 heterocycles. The summed E-state index contributed by atoms with van der Waals surface area (Å²) < 4.78 is 37.6. The second kappa shape index (κ2) is 6.58. The normalized spacial score (nSPS) is 11.6. The number of aromatic nitrogens is 1. The molecule has 0 aromatic carbocycles. The lowest BCUT2D eigenvalue weighted by Crippen LogP contribution is -2.36. The Hall–Kier alpha value is -1.30. The quantitative estimate of drug-likeness (QED) is 0.854. The highest BCUT2D eigenvalue weighted by Gasteiger charge is 2.31. The molecule has 0 bridgehead atoms. The van der Waals surface area contributed by atoms with Gasteiger partial charge in [0, 0.05) is 12.7 Å². The molecule has 0 fully saturated rings. The molecule has 0 amide bonds. The van der Waals surface area contributed by atoms with Crippen LogP contribution in [0.1, 0.15) is 18.9 Å². The molecule has 0 saturated carbocycles. The molecule has 18 heavy (non-hydrogen) atoms. The third kappa shape index (κ3) is 4.52. The van der Waals surface area contributed by atoms with Crippen molar-refractivity contribution in [2.45, 2.75) is 25.9 Å². The summed E-state index contributed by atoms with van der Waals surface area (Å²) in [7, 11) is 0. The molecule has 102 valence electrons. The van der Waals surface area contributed by atoms with Gasteiger partial charge >= 0.3 is 6.18 Å². The molecule has 0 aliphatic heterocycles. The Morgan fingerprint density at radius 2 is 2.11 bits per heavy atom. The Morgan fingerprint density at radius 3 is 2.67 bits per heavy atom. The Balaban J connectivity index is 2.97. The molecule has 0 aliphatic rings. The average Bonchev–Trinajstić information content (AvgIpc) is 2.28. The molecule has 3 nitrogen and oxygen atoms in total. The van der Waals surface area contributed by atoms with E-state index >= 15 is 0 Å². The summed E-state index contributed by atoms with van der Waals surface area (Å²) in [5.74, 6) is 0.391. The van der Waals surface area contributed by atoms with E-state index in [0.29, 0.717) is 31.7 Å². The van der Waals surface area contributed by atoms with E-state index in [1.807, 2.05) is 6.92 Å². The minimum Gasteiger partial charge on any atom is -0.347 e. The third-order valence-electron chi connectivity index (χ3n) is 2.44. The van der Waals surface area contributed by atoms with Crippen LogP contribution in [0, 0.1) is 0 Å². The zero-order valence-corrected chi connectivity index (χ0v) is 10.4. The van der Waals surface area contributed by atoms with Gasteiger partial charge in [-0.3, -0.25) is 0 Å². The van der Waals surface area contributed by atoms with Crippen molar-refractivity contribution < 1.29 is 13.2 Å². The minimum atomic E-state index is -4.23. The van der Waals surface area contributed by atoms with Gasteiger partial charge in [0.25, 0.3) is 0 Å².